The van der Waals surface area contributed by atoms with Crippen LogP contribution >= 0.6 is 34.5 Å². The number of halogens is 2. The van der Waals surface area contributed by atoms with E-state index in [0.717, 1.165) is 10.6 Å². The van der Waals surface area contributed by atoms with Crippen LogP contribution in [-0.2, 0) is 12.5 Å². The van der Waals surface area contributed by atoms with Crippen molar-refractivity contribution in [3.05, 3.63) is 39.3 Å². The van der Waals surface area contributed by atoms with Crippen molar-refractivity contribution in [3.8, 4) is 11.5 Å². The molecule has 0 saturated carbocycles. The molecule has 0 unspecified atom stereocenters. The Balaban J connectivity index is 2.24. The van der Waals surface area contributed by atoms with Crippen molar-refractivity contribution >= 4 is 34.5 Å². The van der Waals surface area contributed by atoms with E-state index in [1.807, 2.05) is 5.38 Å². The molecule has 0 fully saturated rings. The lowest BCUT2D eigenvalue weighted by atomic mass is 10.2. The number of benzene rings is 1. The van der Waals surface area contributed by atoms with Crippen molar-refractivity contribution in [1.29, 1.82) is 0 Å². The first kappa shape index (κ1) is 13.5. The molecule has 2 aromatic rings. The lowest BCUT2D eigenvalue weighted by Gasteiger charge is -2.13. The highest BCUT2D eigenvalue weighted by Crippen LogP contribution is 2.36. The number of hydrogen-bond donors (Lipinski definition) is 0. The van der Waals surface area contributed by atoms with Crippen LogP contribution in [0.3, 0.4) is 0 Å². The topological polar surface area (TPSA) is 31.4 Å². The summed E-state index contributed by atoms with van der Waals surface area (Å²) in [6.45, 7) is 0.388. The van der Waals surface area contributed by atoms with Gasteiger partial charge in [0.15, 0.2) is 11.5 Å². The molecule has 0 bridgehead atoms. The second kappa shape index (κ2) is 6.27. The Bertz CT molecular complexity index is 492. The highest BCUT2D eigenvalue weighted by molar-refractivity contribution is 7.09. The Labute approximate surface area is 119 Å². The lowest BCUT2D eigenvalue weighted by molar-refractivity contribution is 0.282. The van der Waals surface area contributed by atoms with Gasteiger partial charge in [0.2, 0.25) is 0 Å². The van der Waals surface area contributed by atoms with Gasteiger partial charge in [0.05, 0.1) is 13.0 Å². The molecule has 1 aromatic carbocycles. The molecule has 18 heavy (non-hydrogen) atoms. The summed E-state index contributed by atoms with van der Waals surface area (Å²) in [5.41, 5.74) is 0.803. The van der Waals surface area contributed by atoms with Crippen LogP contribution in [0, 0.1) is 0 Å². The van der Waals surface area contributed by atoms with Crippen LogP contribution in [-0.4, -0.2) is 12.1 Å². The molecule has 0 atom stereocenters. The number of ether oxygens (including phenoxy) is 2. The minimum Gasteiger partial charge on any atom is -0.493 e. The van der Waals surface area contributed by atoms with Gasteiger partial charge >= 0.3 is 0 Å². The first-order chi connectivity index (χ1) is 8.74. The zero-order chi connectivity index (χ0) is 13.0. The van der Waals surface area contributed by atoms with E-state index in [1.54, 1.807) is 25.4 Å². The highest BCUT2D eigenvalue weighted by atomic mass is 35.5. The fourth-order valence-electron chi connectivity index (χ4n) is 1.50. The van der Waals surface area contributed by atoms with Crippen LogP contribution in [0.4, 0.5) is 0 Å². The molecule has 3 nitrogen and oxygen atoms in total. The van der Waals surface area contributed by atoms with Crippen molar-refractivity contribution in [1.82, 2.24) is 4.98 Å². The number of rotatable bonds is 5. The van der Waals surface area contributed by atoms with Crippen molar-refractivity contribution < 1.29 is 9.47 Å². The van der Waals surface area contributed by atoms with Gasteiger partial charge in [-0.05, 0) is 6.07 Å². The number of alkyl halides is 1. The predicted octanol–water partition coefficient (Wildman–Crippen LogP) is 4.12. The molecule has 0 aliphatic heterocycles. The van der Waals surface area contributed by atoms with Gasteiger partial charge in [-0.1, -0.05) is 11.6 Å². The Hall–Kier alpha value is -0.970. The lowest BCUT2D eigenvalue weighted by Crippen LogP contribution is -2.00. The van der Waals surface area contributed by atoms with Gasteiger partial charge in [0.25, 0.3) is 0 Å². The Kier molecular flexibility index (Phi) is 4.69. The van der Waals surface area contributed by atoms with Gasteiger partial charge in [-0.3, -0.25) is 0 Å². The van der Waals surface area contributed by atoms with E-state index in [0.29, 0.717) is 29.0 Å². The van der Waals surface area contributed by atoms with E-state index in [-0.39, 0.29) is 0 Å². The Morgan fingerprint density at radius 2 is 2.22 bits per heavy atom. The minimum atomic E-state index is 0.310. The summed E-state index contributed by atoms with van der Waals surface area (Å²) in [6, 6.07) is 3.48. The van der Waals surface area contributed by atoms with Crippen LogP contribution in [0.5, 0.6) is 11.5 Å². The fourth-order valence-corrected chi connectivity index (χ4v) is 2.45. The maximum Gasteiger partial charge on any atom is 0.166 e. The van der Waals surface area contributed by atoms with Gasteiger partial charge < -0.3 is 9.47 Å². The van der Waals surface area contributed by atoms with E-state index in [4.69, 9.17) is 32.7 Å². The largest absolute Gasteiger partial charge is 0.493 e. The number of hydrogen-bond acceptors (Lipinski definition) is 4. The minimum absolute atomic E-state index is 0.310. The summed E-state index contributed by atoms with van der Waals surface area (Å²) in [7, 11) is 1.57. The third kappa shape index (κ3) is 3.07. The van der Waals surface area contributed by atoms with Gasteiger partial charge in [-0.2, -0.15) is 0 Å². The standard InChI is InChI=1S/C12H11Cl2NO2S/c1-16-10-5-9(14)4-8(6-13)12(10)17-7-11-15-2-3-18-11/h2-5H,6-7H2,1H3. The first-order valence-electron chi connectivity index (χ1n) is 5.18. The molecular weight excluding hydrogens is 293 g/mol. The molecule has 0 aliphatic rings. The second-order valence-corrected chi connectivity index (χ2v) is 5.13. The monoisotopic (exact) mass is 303 g/mol. The number of aromatic nitrogens is 1. The maximum atomic E-state index is 5.97. The zero-order valence-electron chi connectivity index (χ0n) is 9.65. The van der Waals surface area contributed by atoms with E-state index in [9.17, 15) is 0 Å². The average Bonchev–Trinajstić information content (AvgIpc) is 2.89. The Morgan fingerprint density at radius 1 is 1.39 bits per heavy atom. The number of methoxy groups -OCH3 is 1. The normalized spacial score (nSPS) is 10.4. The van der Waals surface area contributed by atoms with E-state index < -0.39 is 0 Å². The van der Waals surface area contributed by atoms with Gasteiger partial charge in [-0.25, -0.2) is 4.98 Å². The molecule has 0 saturated heterocycles. The molecule has 1 aromatic heterocycles. The van der Waals surface area contributed by atoms with E-state index in [1.165, 1.54) is 11.3 Å². The van der Waals surface area contributed by atoms with Crippen LogP contribution in [0.25, 0.3) is 0 Å². The van der Waals surface area contributed by atoms with Crippen LogP contribution in [0.1, 0.15) is 10.6 Å². The van der Waals surface area contributed by atoms with Gasteiger partial charge in [-0.15, -0.1) is 22.9 Å². The predicted molar refractivity (Wildman–Crippen MR) is 74.0 cm³/mol. The van der Waals surface area contributed by atoms with Crippen LogP contribution < -0.4 is 9.47 Å². The fraction of sp³-hybridized carbons (Fsp3) is 0.250. The quantitative estimate of drug-likeness (QED) is 0.779. The molecule has 0 radical (unpaired) electrons. The zero-order valence-corrected chi connectivity index (χ0v) is 12.0. The first-order valence-corrected chi connectivity index (χ1v) is 6.97. The highest BCUT2D eigenvalue weighted by Gasteiger charge is 2.13. The summed E-state index contributed by atoms with van der Waals surface area (Å²) < 4.78 is 11.0. The van der Waals surface area contributed by atoms with Crippen molar-refractivity contribution in [2.24, 2.45) is 0 Å². The van der Waals surface area contributed by atoms with Gasteiger partial charge in [0.1, 0.15) is 11.6 Å². The second-order valence-electron chi connectivity index (χ2n) is 3.44. The van der Waals surface area contributed by atoms with Crippen molar-refractivity contribution in [3.63, 3.8) is 0 Å². The molecule has 0 aliphatic carbocycles. The van der Waals surface area contributed by atoms with Gasteiger partial charge in [0, 0.05) is 28.2 Å². The molecule has 0 spiro atoms. The Morgan fingerprint density at radius 3 is 2.83 bits per heavy atom. The molecule has 1 heterocycles. The van der Waals surface area contributed by atoms with Crippen LogP contribution in [0.15, 0.2) is 23.7 Å². The molecular formula is C12H11Cl2NO2S. The summed E-state index contributed by atoms with van der Waals surface area (Å²) in [4.78, 5) is 4.15. The summed E-state index contributed by atoms with van der Waals surface area (Å²) in [6.07, 6.45) is 1.74. The number of thiazole rings is 1. The number of nitrogens with zero attached hydrogens (tertiary/aromatic N) is 1. The summed E-state index contributed by atoms with van der Waals surface area (Å²) in [5, 5.41) is 3.37. The van der Waals surface area contributed by atoms with E-state index in [2.05, 4.69) is 4.98 Å². The SMILES string of the molecule is COc1cc(Cl)cc(CCl)c1OCc1nccs1. The van der Waals surface area contributed by atoms with Crippen molar-refractivity contribution in [2.75, 3.05) is 7.11 Å². The smallest absolute Gasteiger partial charge is 0.166 e. The molecule has 2 rings (SSSR count). The average molecular weight is 304 g/mol. The summed E-state index contributed by atoms with van der Waals surface area (Å²) in [5.74, 6) is 1.51. The molecule has 6 heteroatoms. The summed E-state index contributed by atoms with van der Waals surface area (Å²) >= 11 is 13.4. The van der Waals surface area contributed by atoms with E-state index >= 15 is 0 Å². The van der Waals surface area contributed by atoms with Crippen molar-refractivity contribution in [2.45, 2.75) is 12.5 Å². The van der Waals surface area contributed by atoms with Crippen LogP contribution in [0.2, 0.25) is 5.02 Å². The third-order valence-corrected chi connectivity index (χ3v) is 3.54. The third-order valence-electron chi connectivity index (χ3n) is 2.28. The maximum absolute atomic E-state index is 5.97. The molecule has 0 N–H and O–H groups in total. The molecule has 96 valence electrons. The molecule has 0 amide bonds.